The van der Waals surface area contributed by atoms with Crippen LogP contribution in [0.25, 0.3) is 10.9 Å². The maximum atomic E-state index is 13.5. The molecule has 1 unspecified atom stereocenters. The molecule has 8 nitrogen and oxygen atoms in total. The third-order valence-electron chi connectivity index (χ3n) is 8.08. The van der Waals surface area contributed by atoms with Crippen LogP contribution in [0.4, 0.5) is 5.69 Å². The van der Waals surface area contributed by atoms with Crippen LogP contribution < -0.4 is 4.90 Å². The molecule has 3 aliphatic heterocycles. The Hall–Kier alpha value is -3.81. The lowest BCUT2D eigenvalue weighted by molar-refractivity contribution is -0.149. The number of para-hydroxylation sites is 2. The molecule has 0 radical (unpaired) electrons. The minimum Gasteiger partial charge on any atom is -0.469 e. The summed E-state index contributed by atoms with van der Waals surface area (Å²) < 4.78 is 7.01. The summed E-state index contributed by atoms with van der Waals surface area (Å²) >= 11 is 0. The third kappa shape index (κ3) is 3.38. The van der Waals surface area contributed by atoms with E-state index in [1.165, 1.54) is 12.7 Å². The van der Waals surface area contributed by atoms with Crippen LogP contribution in [-0.4, -0.2) is 65.9 Å². The second-order valence-corrected chi connectivity index (χ2v) is 9.90. The Bertz CT molecular complexity index is 1370. The van der Waals surface area contributed by atoms with Gasteiger partial charge in [0.05, 0.1) is 30.0 Å². The van der Waals surface area contributed by atoms with Crippen LogP contribution >= 0.6 is 0 Å². The number of carbonyl (C=O) groups excluding carboxylic acids is 3. The highest BCUT2D eigenvalue weighted by Crippen LogP contribution is 2.44. The molecular weight excluding hydrogens is 456 g/mol. The SMILES string of the molecule is COC(=O)C1CCN(C(=O)Cn2c3c(c4ccccc42)CCN2C(=O)c4ccccc4N(C)C32)CC1. The van der Waals surface area contributed by atoms with Gasteiger partial charge >= 0.3 is 5.97 Å². The van der Waals surface area contributed by atoms with Gasteiger partial charge in [0.2, 0.25) is 5.91 Å². The monoisotopic (exact) mass is 486 g/mol. The molecule has 0 spiro atoms. The number of benzene rings is 2. The molecule has 3 aromatic rings. The first kappa shape index (κ1) is 22.6. The van der Waals surface area contributed by atoms with Crippen LogP contribution in [0.1, 0.15) is 40.6 Å². The van der Waals surface area contributed by atoms with Crippen molar-refractivity contribution in [3.63, 3.8) is 0 Å². The van der Waals surface area contributed by atoms with Crippen molar-refractivity contribution in [3.8, 4) is 0 Å². The number of hydrogen-bond acceptors (Lipinski definition) is 5. The summed E-state index contributed by atoms with van der Waals surface area (Å²) in [5.74, 6) is -0.274. The number of amides is 2. The van der Waals surface area contributed by atoms with Crippen LogP contribution in [0.3, 0.4) is 0 Å². The summed E-state index contributed by atoms with van der Waals surface area (Å²) in [6.07, 6.45) is 1.71. The topological polar surface area (TPSA) is 75.1 Å². The molecule has 0 saturated carbocycles. The van der Waals surface area contributed by atoms with Gasteiger partial charge in [0.1, 0.15) is 12.7 Å². The van der Waals surface area contributed by atoms with Gasteiger partial charge < -0.3 is 24.0 Å². The average molecular weight is 487 g/mol. The first-order valence-corrected chi connectivity index (χ1v) is 12.6. The minimum absolute atomic E-state index is 0.0316. The maximum Gasteiger partial charge on any atom is 0.308 e. The van der Waals surface area contributed by atoms with Crippen molar-refractivity contribution in [2.75, 3.05) is 38.7 Å². The van der Waals surface area contributed by atoms with Crippen molar-refractivity contribution in [1.29, 1.82) is 0 Å². The van der Waals surface area contributed by atoms with Crippen molar-refractivity contribution in [2.24, 2.45) is 5.92 Å². The number of methoxy groups -OCH3 is 1. The van der Waals surface area contributed by atoms with E-state index < -0.39 is 0 Å². The number of carbonyl (C=O) groups is 3. The Morgan fingerprint density at radius 1 is 1.00 bits per heavy atom. The van der Waals surface area contributed by atoms with Crippen molar-refractivity contribution in [1.82, 2.24) is 14.4 Å². The number of likely N-dealkylation sites (tertiary alicyclic amines) is 1. The molecule has 8 heteroatoms. The Balaban J connectivity index is 1.38. The fourth-order valence-electron chi connectivity index (χ4n) is 6.25. The zero-order valence-electron chi connectivity index (χ0n) is 20.6. The standard InChI is InChI=1S/C28H30N4O4/c1-29-22-9-5-4-8-21(22)27(34)31-16-13-20-19-7-3-6-10-23(19)32(25(20)26(29)31)17-24(33)30-14-11-18(12-15-30)28(35)36-2/h3-10,18,26H,11-17H2,1-2H3. The largest absolute Gasteiger partial charge is 0.469 e. The number of esters is 1. The van der Waals surface area contributed by atoms with E-state index in [2.05, 4.69) is 21.6 Å². The molecule has 186 valence electrons. The summed E-state index contributed by atoms with van der Waals surface area (Å²) in [5.41, 5.74) is 4.87. The molecule has 2 aromatic carbocycles. The fourth-order valence-corrected chi connectivity index (χ4v) is 6.25. The molecule has 3 aliphatic rings. The summed E-state index contributed by atoms with van der Waals surface area (Å²) in [6, 6.07) is 15.9. The first-order valence-electron chi connectivity index (χ1n) is 12.6. The van der Waals surface area contributed by atoms with Gasteiger partial charge in [0, 0.05) is 37.6 Å². The smallest absolute Gasteiger partial charge is 0.308 e. The zero-order chi connectivity index (χ0) is 25.0. The lowest BCUT2D eigenvalue weighted by Gasteiger charge is -2.46. The normalized spacial score (nSPS) is 19.7. The number of ether oxygens (including phenoxy) is 1. The van der Waals surface area contributed by atoms with E-state index >= 15 is 0 Å². The Morgan fingerprint density at radius 2 is 1.72 bits per heavy atom. The Kier molecular flexibility index (Phi) is 5.47. The molecule has 1 fully saturated rings. The van der Waals surface area contributed by atoms with Gasteiger partial charge in [-0.05, 0) is 43.0 Å². The highest BCUT2D eigenvalue weighted by molar-refractivity contribution is 6.02. The molecule has 1 saturated heterocycles. The van der Waals surface area contributed by atoms with Crippen LogP contribution in [0.15, 0.2) is 48.5 Å². The van der Waals surface area contributed by atoms with Crippen LogP contribution in [0, 0.1) is 5.92 Å². The van der Waals surface area contributed by atoms with Crippen molar-refractivity contribution >= 4 is 34.4 Å². The molecule has 4 heterocycles. The molecular formula is C28H30N4O4. The van der Waals surface area contributed by atoms with Crippen LogP contribution in [-0.2, 0) is 27.3 Å². The van der Waals surface area contributed by atoms with E-state index in [-0.39, 0.29) is 36.4 Å². The number of piperidine rings is 1. The highest BCUT2D eigenvalue weighted by Gasteiger charge is 2.43. The molecule has 36 heavy (non-hydrogen) atoms. The van der Waals surface area contributed by atoms with Gasteiger partial charge in [-0.25, -0.2) is 0 Å². The van der Waals surface area contributed by atoms with Crippen molar-refractivity contribution in [3.05, 3.63) is 65.4 Å². The number of nitrogens with zero attached hydrogens (tertiary/aromatic N) is 4. The molecule has 0 bridgehead atoms. The van der Waals surface area contributed by atoms with Gasteiger partial charge in [0.25, 0.3) is 5.91 Å². The highest BCUT2D eigenvalue weighted by atomic mass is 16.5. The number of aromatic nitrogens is 1. The number of anilines is 1. The predicted molar refractivity (Wildman–Crippen MR) is 136 cm³/mol. The second kappa shape index (κ2) is 8.69. The van der Waals surface area contributed by atoms with E-state index in [1.807, 2.05) is 53.2 Å². The van der Waals surface area contributed by atoms with E-state index in [9.17, 15) is 14.4 Å². The molecule has 0 aliphatic carbocycles. The van der Waals surface area contributed by atoms with Crippen LogP contribution in [0.5, 0.6) is 0 Å². The number of rotatable bonds is 3. The predicted octanol–water partition coefficient (Wildman–Crippen LogP) is 3.20. The third-order valence-corrected chi connectivity index (χ3v) is 8.08. The van der Waals surface area contributed by atoms with Gasteiger partial charge in [-0.1, -0.05) is 30.3 Å². The number of hydrogen-bond donors (Lipinski definition) is 0. The summed E-state index contributed by atoms with van der Waals surface area (Å²) in [7, 11) is 3.44. The summed E-state index contributed by atoms with van der Waals surface area (Å²) in [6.45, 7) is 1.92. The lowest BCUT2D eigenvalue weighted by atomic mass is 9.96. The van der Waals surface area contributed by atoms with Crippen LogP contribution in [0.2, 0.25) is 0 Å². The van der Waals surface area contributed by atoms with Crippen molar-refractivity contribution < 1.29 is 19.1 Å². The fraction of sp³-hybridized carbons (Fsp3) is 0.393. The van der Waals surface area contributed by atoms with Gasteiger partial charge in [0.15, 0.2) is 0 Å². The van der Waals surface area contributed by atoms with E-state index in [0.717, 1.165) is 28.7 Å². The second-order valence-electron chi connectivity index (χ2n) is 9.90. The van der Waals surface area contributed by atoms with E-state index in [1.54, 1.807) is 0 Å². The summed E-state index contributed by atoms with van der Waals surface area (Å²) in [5, 5.41) is 1.14. The minimum atomic E-state index is -0.276. The molecule has 0 N–H and O–H groups in total. The number of fused-ring (bicyclic) bond motifs is 6. The van der Waals surface area contributed by atoms with Gasteiger partial charge in [-0.2, -0.15) is 0 Å². The summed E-state index contributed by atoms with van der Waals surface area (Å²) in [4.78, 5) is 44.9. The Morgan fingerprint density at radius 3 is 2.50 bits per heavy atom. The van der Waals surface area contributed by atoms with Gasteiger partial charge in [-0.3, -0.25) is 14.4 Å². The zero-order valence-corrected chi connectivity index (χ0v) is 20.6. The van der Waals surface area contributed by atoms with E-state index in [0.29, 0.717) is 38.0 Å². The Labute approximate surface area is 210 Å². The molecule has 2 amide bonds. The maximum absolute atomic E-state index is 13.5. The van der Waals surface area contributed by atoms with E-state index in [4.69, 9.17) is 4.74 Å². The molecule has 1 aromatic heterocycles. The average Bonchev–Trinajstić information content (AvgIpc) is 3.24. The quantitative estimate of drug-likeness (QED) is 0.532. The first-order chi connectivity index (χ1) is 17.5. The van der Waals surface area contributed by atoms with Gasteiger partial charge in [-0.15, -0.1) is 0 Å². The van der Waals surface area contributed by atoms with Crippen molar-refractivity contribution in [2.45, 2.75) is 32.0 Å². The molecule has 1 atom stereocenters. The molecule has 6 rings (SSSR count). The lowest BCUT2D eigenvalue weighted by Crippen LogP contribution is -2.52.